The molecular formula is C26H27FN6O3S. The third-order valence-corrected chi connectivity index (χ3v) is 7.14. The molecule has 2 amide bonds. The molecule has 2 aromatic heterocycles. The molecule has 0 radical (unpaired) electrons. The fourth-order valence-corrected chi connectivity index (χ4v) is 5.20. The number of nitrogens with zero attached hydrogens (tertiary/aromatic N) is 4. The first-order valence-electron chi connectivity index (χ1n) is 11.5. The Bertz CT molecular complexity index is 1360. The van der Waals surface area contributed by atoms with Crippen molar-refractivity contribution in [3.63, 3.8) is 0 Å². The van der Waals surface area contributed by atoms with Crippen LogP contribution in [0.25, 0.3) is 0 Å². The highest BCUT2D eigenvalue weighted by Gasteiger charge is 2.32. The van der Waals surface area contributed by atoms with Crippen molar-refractivity contribution in [2.45, 2.75) is 37.7 Å². The molecule has 0 spiro atoms. The number of halogens is 1. The number of nitrogens with two attached hydrogens (primary N) is 1. The lowest BCUT2D eigenvalue weighted by atomic mass is 9.95. The molecular weight excluding hydrogens is 495 g/mol. The Morgan fingerprint density at radius 3 is 2.70 bits per heavy atom. The molecule has 0 saturated heterocycles. The molecule has 4 rings (SSSR count). The van der Waals surface area contributed by atoms with E-state index in [2.05, 4.69) is 20.3 Å². The second-order valence-electron chi connectivity index (χ2n) is 9.17. The summed E-state index contributed by atoms with van der Waals surface area (Å²) in [5.41, 5.74) is 6.45. The third-order valence-electron chi connectivity index (χ3n) is 5.85. The van der Waals surface area contributed by atoms with Crippen molar-refractivity contribution < 1.29 is 19.1 Å². The van der Waals surface area contributed by atoms with Gasteiger partial charge in [0, 0.05) is 35.8 Å². The number of aromatic nitrogens is 3. The largest absolute Gasteiger partial charge is 0.386 e. The van der Waals surface area contributed by atoms with E-state index in [1.807, 2.05) is 0 Å². The van der Waals surface area contributed by atoms with Crippen LogP contribution in [0.15, 0.2) is 65.6 Å². The summed E-state index contributed by atoms with van der Waals surface area (Å²) in [6.07, 6.45) is 4.92. The van der Waals surface area contributed by atoms with E-state index in [9.17, 15) is 19.1 Å². The van der Waals surface area contributed by atoms with Crippen molar-refractivity contribution in [1.29, 1.82) is 0 Å². The van der Waals surface area contributed by atoms with Gasteiger partial charge in [0.15, 0.2) is 0 Å². The summed E-state index contributed by atoms with van der Waals surface area (Å²) < 4.78 is 14.9. The molecule has 11 heteroatoms. The summed E-state index contributed by atoms with van der Waals surface area (Å²) in [6, 6.07) is 9.52. The zero-order valence-corrected chi connectivity index (χ0v) is 21.4. The predicted molar refractivity (Wildman–Crippen MR) is 139 cm³/mol. The van der Waals surface area contributed by atoms with Gasteiger partial charge in [0.05, 0.1) is 29.1 Å². The lowest BCUT2D eigenvalue weighted by Gasteiger charge is -2.20. The van der Waals surface area contributed by atoms with Crippen molar-refractivity contribution in [1.82, 2.24) is 19.9 Å². The molecule has 0 aliphatic carbocycles. The van der Waals surface area contributed by atoms with Crippen LogP contribution in [-0.4, -0.2) is 43.8 Å². The number of benzene rings is 1. The number of primary amides is 1. The number of nitrogens with one attached hydrogen (secondary N) is 1. The van der Waals surface area contributed by atoms with Crippen LogP contribution in [0.2, 0.25) is 0 Å². The Balaban J connectivity index is 1.51. The van der Waals surface area contributed by atoms with Crippen LogP contribution in [0, 0.1) is 5.82 Å². The number of aliphatic hydroxyl groups is 1. The highest BCUT2D eigenvalue weighted by molar-refractivity contribution is 8.03. The molecule has 1 aliphatic rings. The summed E-state index contributed by atoms with van der Waals surface area (Å²) in [6.45, 7) is 3.43. The van der Waals surface area contributed by atoms with Crippen LogP contribution in [0.5, 0.6) is 0 Å². The Hall–Kier alpha value is -3.83. The van der Waals surface area contributed by atoms with E-state index in [1.54, 1.807) is 69.8 Å². The minimum Gasteiger partial charge on any atom is -0.386 e. The average molecular weight is 523 g/mol. The van der Waals surface area contributed by atoms with Gasteiger partial charge >= 0.3 is 0 Å². The Morgan fingerprint density at radius 1 is 1.27 bits per heavy atom. The first-order chi connectivity index (χ1) is 17.5. The van der Waals surface area contributed by atoms with Gasteiger partial charge in [-0.15, -0.1) is 0 Å². The van der Waals surface area contributed by atoms with Crippen LogP contribution in [0.4, 0.5) is 10.2 Å². The van der Waals surface area contributed by atoms with Gasteiger partial charge < -0.3 is 21.1 Å². The zero-order chi connectivity index (χ0) is 26.7. The molecule has 192 valence electrons. The summed E-state index contributed by atoms with van der Waals surface area (Å²) in [5, 5.41) is 13.3. The van der Waals surface area contributed by atoms with Crippen molar-refractivity contribution in [2.75, 3.05) is 12.4 Å². The van der Waals surface area contributed by atoms with Crippen LogP contribution in [0.3, 0.4) is 0 Å². The fourth-order valence-electron chi connectivity index (χ4n) is 3.85. The minimum atomic E-state index is -1.18. The first-order valence-corrected chi connectivity index (χ1v) is 12.4. The molecule has 4 N–H and O–H groups in total. The molecule has 0 bridgehead atoms. The molecule has 1 unspecified atom stereocenters. The summed E-state index contributed by atoms with van der Waals surface area (Å²) in [7, 11) is 1.64. The summed E-state index contributed by atoms with van der Waals surface area (Å²) >= 11 is 1.26. The normalized spacial score (nSPS) is 15.5. The zero-order valence-electron chi connectivity index (χ0n) is 20.6. The van der Waals surface area contributed by atoms with E-state index in [-0.39, 0.29) is 24.6 Å². The fraction of sp³-hybridized carbons (Fsp3) is 0.269. The van der Waals surface area contributed by atoms with Gasteiger partial charge in [0.2, 0.25) is 5.91 Å². The lowest BCUT2D eigenvalue weighted by Crippen LogP contribution is -2.27. The van der Waals surface area contributed by atoms with E-state index in [1.165, 1.54) is 22.7 Å². The number of carbonyl (C=O) groups is 2. The molecule has 1 atom stereocenters. The van der Waals surface area contributed by atoms with E-state index in [0.29, 0.717) is 33.2 Å². The Morgan fingerprint density at radius 2 is 2.05 bits per heavy atom. The van der Waals surface area contributed by atoms with Gasteiger partial charge in [0.25, 0.3) is 5.91 Å². The number of rotatable bonds is 8. The molecule has 9 nitrogen and oxygen atoms in total. The monoisotopic (exact) mass is 522 g/mol. The number of carbonyl (C=O) groups excluding carboxylic acids is 2. The molecule has 1 aliphatic heterocycles. The SMILES string of the molecule is CN(Cc1cnccn1)C(=O)c1cccc(NC2=C(C(N)=O)CC(c3ccc(C(C)(C)O)cc3F)S2)n1. The number of amides is 2. The molecule has 0 saturated carbocycles. The van der Waals surface area contributed by atoms with Crippen LogP contribution < -0.4 is 11.1 Å². The number of hydrogen-bond donors (Lipinski definition) is 3. The molecule has 37 heavy (non-hydrogen) atoms. The van der Waals surface area contributed by atoms with Gasteiger partial charge in [-0.25, -0.2) is 9.37 Å². The van der Waals surface area contributed by atoms with Crippen molar-refractivity contribution in [3.8, 4) is 0 Å². The number of thioether (sulfide) groups is 1. The molecule has 3 aromatic rings. The van der Waals surface area contributed by atoms with E-state index in [0.717, 1.165) is 0 Å². The van der Waals surface area contributed by atoms with Gasteiger partial charge in [-0.3, -0.25) is 19.6 Å². The van der Waals surface area contributed by atoms with E-state index < -0.39 is 22.6 Å². The number of hydrogen-bond acceptors (Lipinski definition) is 8. The molecule has 3 heterocycles. The molecule has 1 aromatic carbocycles. The van der Waals surface area contributed by atoms with Crippen molar-refractivity contribution in [2.24, 2.45) is 5.73 Å². The molecule has 0 fully saturated rings. The standard InChI is InChI=1S/C26H27FN6O3S/c1-26(2,36)15-7-8-17(19(27)11-15)21-12-18(23(28)34)24(37-21)32-22-6-4-5-20(31-22)25(35)33(3)14-16-13-29-9-10-30-16/h4-11,13,21,36H,12,14H2,1-3H3,(H2,28,34)(H,31,32). The van der Waals surface area contributed by atoms with E-state index in [4.69, 9.17) is 5.73 Å². The summed E-state index contributed by atoms with van der Waals surface area (Å²) in [4.78, 5) is 39.2. The highest BCUT2D eigenvalue weighted by atomic mass is 32.2. The average Bonchev–Trinajstić information content (AvgIpc) is 3.27. The second-order valence-corrected chi connectivity index (χ2v) is 10.4. The van der Waals surface area contributed by atoms with Crippen molar-refractivity contribution in [3.05, 3.63) is 93.9 Å². The topological polar surface area (TPSA) is 134 Å². The smallest absolute Gasteiger partial charge is 0.272 e. The summed E-state index contributed by atoms with van der Waals surface area (Å²) in [5.74, 6) is -1.07. The minimum absolute atomic E-state index is 0.199. The predicted octanol–water partition coefficient (Wildman–Crippen LogP) is 3.50. The number of pyridine rings is 1. The number of anilines is 1. The highest BCUT2D eigenvalue weighted by Crippen LogP contribution is 2.48. The lowest BCUT2D eigenvalue weighted by molar-refractivity contribution is -0.114. The maximum Gasteiger partial charge on any atom is 0.272 e. The van der Waals surface area contributed by atoms with Gasteiger partial charge in [-0.2, -0.15) is 0 Å². The van der Waals surface area contributed by atoms with Gasteiger partial charge in [0.1, 0.15) is 17.3 Å². The van der Waals surface area contributed by atoms with E-state index >= 15 is 0 Å². The Kier molecular flexibility index (Phi) is 7.55. The second kappa shape index (κ2) is 10.7. The van der Waals surface area contributed by atoms with Crippen LogP contribution in [-0.2, 0) is 16.9 Å². The van der Waals surface area contributed by atoms with Gasteiger partial charge in [-0.05, 0) is 44.0 Å². The maximum absolute atomic E-state index is 14.9. The van der Waals surface area contributed by atoms with Crippen LogP contribution >= 0.6 is 11.8 Å². The van der Waals surface area contributed by atoms with Crippen LogP contribution in [0.1, 0.15) is 52.8 Å². The first kappa shape index (κ1) is 26.2. The Labute approximate surface area is 218 Å². The van der Waals surface area contributed by atoms with Crippen molar-refractivity contribution >= 4 is 29.4 Å². The van der Waals surface area contributed by atoms with Gasteiger partial charge in [-0.1, -0.05) is 30.0 Å². The quantitative estimate of drug-likeness (QED) is 0.409. The third kappa shape index (κ3) is 6.12. The maximum atomic E-state index is 14.9.